The molecule has 1 heterocycles. The highest BCUT2D eigenvalue weighted by molar-refractivity contribution is 6.15. The van der Waals surface area contributed by atoms with Gasteiger partial charge in [0, 0.05) is 24.2 Å². The lowest BCUT2D eigenvalue weighted by Crippen LogP contribution is -2.39. The maximum atomic E-state index is 13.1. The third-order valence-electron chi connectivity index (χ3n) is 4.38. The highest BCUT2D eigenvalue weighted by atomic mass is 19.1. The molecule has 2 amide bonds. The third kappa shape index (κ3) is 3.96. The Morgan fingerprint density at radius 3 is 2.19 bits per heavy atom. The molecule has 0 aromatic heterocycles. The van der Waals surface area contributed by atoms with Crippen LogP contribution in [-0.2, 0) is 4.79 Å². The van der Waals surface area contributed by atoms with Crippen LogP contribution in [0, 0.1) is 5.82 Å². The van der Waals surface area contributed by atoms with E-state index >= 15 is 0 Å². The normalized spacial score (nSPS) is 13.5. The molecule has 134 valence electrons. The zero-order valence-electron chi connectivity index (χ0n) is 14.2. The summed E-state index contributed by atoms with van der Waals surface area (Å²) >= 11 is 0. The number of rotatable bonds is 5. The van der Waals surface area contributed by atoms with E-state index in [9.17, 15) is 18.8 Å². The van der Waals surface area contributed by atoms with E-state index in [1.807, 2.05) is 0 Å². The van der Waals surface area contributed by atoms with Crippen LogP contribution in [-0.4, -0.2) is 42.1 Å². The molecule has 0 saturated carbocycles. The first-order valence-electron chi connectivity index (χ1n) is 8.51. The molecule has 1 saturated heterocycles. The van der Waals surface area contributed by atoms with Crippen LogP contribution in [0.4, 0.5) is 4.39 Å². The molecule has 0 unspecified atom stereocenters. The van der Waals surface area contributed by atoms with Gasteiger partial charge in [0.15, 0.2) is 5.78 Å². The molecule has 0 atom stereocenters. The zero-order valence-corrected chi connectivity index (χ0v) is 14.2. The van der Waals surface area contributed by atoms with Crippen molar-refractivity contribution in [1.29, 1.82) is 0 Å². The fourth-order valence-corrected chi connectivity index (χ4v) is 2.97. The molecule has 1 aliphatic heterocycles. The number of nitrogens with one attached hydrogen (secondary N) is 1. The van der Waals surface area contributed by atoms with Crippen LogP contribution in [0.3, 0.4) is 0 Å². The molecular formula is C20H19FN2O3. The predicted octanol–water partition coefficient (Wildman–Crippen LogP) is 2.41. The number of likely N-dealkylation sites (tertiary alicyclic amines) is 1. The Hall–Kier alpha value is -3.02. The number of hydrogen-bond acceptors (Lipinski definition) is 3. The molecule has 1 N–H and O–H groups in total. The molecule has 26 heavy (non-hydrogen) atoms. The molecule has 0 radical (unpaired) electrons. The van der Waals surface area contributed by atoms with E-state index in [1.165, 1.54) is 30.3 Å². The second kappa shape index (κ2) is 7.91. The number of hydrogen-bond donors (Lipinski definition) is 1. The van der Waals surface area contributed by atoms with E-state index in [2.05, 4.69) is 5.32 Å². The average Bonchev–Trinajstić information content (AvgIpc) is 3.21. The lowest BCUT2D eigenvalue weighted by atomic mass is 9.98. The van der Waals surface area contributed by atoms with Gasteiger partial charge in [-0.25, -0.2) is 4.39 Å². The molecule has 0 spiro atoms. The quantitative estimate of drug-likeness (QED) is 0.839. The molecule has 1 fully saturated rings. The SMILES string of the molecule is O=C(NCC(=O)N1CCCC1)c1ccccc1C(=O)c1ccc(F)cc1. The monoisotopic (exact) mass is 354 g/mol. The van der Waals surface area contributed by atoms with Crippen LogP contribution < -0.4 is 5.32 Å². The molecule has 0 bridgehead atoms. The van der Waals surface area contributed by atoms with E-state index in [4.69, 9.17) is 0 Å². The van der Waals surface area contributed by atoms with Gasteiger partial charge in [-0.15, -0.1) is 0 Å². The van der Waals surface area contributed by atoms with Crippen LogP contribution in [0.1, 0.15) is 39.1 Å². The fourth-order valence-electron chi connectivity index (χ4n) is 2.97. The summed E-state index contributed by atoms with van der Waals surface area (Å²) in [5.74, 6) is -1.42. The van der Waals surface area contributed by atoms with Crippen molar-refractivity contribution in [2.24, 2.45) is 0 Å². The van der Waals surface area contributed by atoms with E-state index in [0.717, 1.165) is 12.8 Å². The number of benzene rings is 2. The second-order valence-corrected chi connectivity index (χ2v) is 6.15. The first-order chi connectivity index (χ1) is 12.6. The van der Waals surface area contributed by atoms with Crippen LogP contribution >= 0.6 is 0 Å². The minimum atomic E-state index is -0.483. The summed E-state index contributed by atoms with van der Waals surface area (Å²) in [7, 11) is 0. The number of amides is 2. The summed E-state index contributed by atoms with van der Waals surface area (Å²) in [5, 5.41) is 2.59. The van der Waals surface area contributed by atoms with Gasteiger partial charge in [0.05, 0.1) is 12.1 Å². The Kier molecular flexibility index (Phi) is 5.41. The molecule has 2 aromatic carbocycles. The summed E-state index contributed by atoms with van der Waals surface area (Å²) in [6.07, 6.45) is 1.96. The number of ketones is 1. The third-order valence-corrected chi connectivity index (χ3v) is 4.38. The van der Waals surface area contributed by atoms with Gasteiger partial charge in [-0.1, -0.05) is 18.2 Å². The molecule has 1 aliphatic rings. The number of nitrogens with zero attached hydrogens (tertiary/aromatic N) is 1. The second-order valence-electron chi connectivity index (χ2n) is 6.15. The van der Waals surface area contributed by atoms with Crippen molar-refractivity contribution in [3.8, 4) is 0 Å². The van der Waals surface area contributed by atoms with Crippen LogP contribution in [0.2, 0.25) is 0 Å². The molecule has 3 rings (SSSR count). The summed E-state index contributed by atoms with van der Waals surface area (Å²) in [4.78, 5) is 38.9. The van der Waals surface area contributed by atoms with Gasteiger partial charge in [-0.2, -0.15) is 0 Å². The van der Waals surface area contributed by atoms with Crippen molar-refractivity contribution in [3.63, 3.8) is 0 Å². The summed E-state index contributed by atoms with van der Waals surface area (Å²) in [5.41, 5.74) is 0.695. The molecule has 5 nitrogen and oxygen atoms in total. The van der Waals surface area contributed by atoms with Crippen molar-refractivity contribution in [3.05, 3.63) is 71.0 Å². The number of carbonyl (C=O) groups is 3. The van der Waals surface area contributed by atoms with Crippen LogP contribution in [0.15, 0.2) is 48.5 Å². The first kappa shape index (κ1) is 17.8. The zero-order chi connectivity index (χ0) is 18.5. The topological polar surface area (TPSA) is 66.5 Å². The Morgan fingerprint density at radius 2 is 1.54 bits per heavy atom. The van der Waals surface area contributed by atoms with E-state index in [0.29, 0.717) is 18.7 Å². The van der Waals surface area contributed by atoms with Crippen LogP contribution in [0.5, 0.6) is 0 Å². The van der Waals surface area contributed by atoms with Crippen molar-refractivity contribution in [2.45, 2.75) is 12.8 Å². The Labute approximate surface area is 150 Å². The van der Waals surface area contributed by atoms with Gasteiger partial charge >= 0.3 is 0 Å². The molecular weight excluding hydrogens is 335 g/mol. The van der Waals surface area contributed by atoms with Gasteiger partial charge in [-0.05, 0) is 43.2 Å². The summed E-state index contributed by atoms with van der Waals surface area (Å²) < 4.78 is 13.1. The molecule has 2 aromatic rings. The van der Waals surface area contributed by atoms with Crippen molar-refractivity contribution < 1.29 is 18.8 Å². The summed E-state index contributed by atoms with van der Waals surface area (Å²) in [6.45, 7) is 1.33. The Balaban J connectivity index is 1.73. The highest BCUT2D eigenvalue weighted by Gasteiger charge is 2.21. The van der Waals surface area contributed by atoms with Gasteiger partial charge in [0.2, 0.25) is 5.91 Å². The lowest BCUT2D eigenvalue weighted by molar-refractivity contribution is -0.129. The first-order valence-corrected chi connectivity index (χ1v) is 8.51. The Bertz CT molecular complexity index is 827. The largest absolute Gasteiger partial charge is 0.343 e. The van der Waals surface area contributed by atoms with Gasteiger partial charge in [-0.3, -0.25) is 14.4 Å². The van der Waals surface area contributed by atoms with Crippen molar-refractivity contribution in [2.75, 3.05) is 19.6 Å². The standard InChI is InChI=1S/C20H19FN2O3/c21-15-9-7-14(8-10-15)19(25)16-5-1-2-6-17(16)20(26)22-13-18(24)23-11-3-4-12-23/h1-2,5-10H,3-4,11-13H2,(H,22,26). The van der Waals surface area contributed by atoms with Gasteiger partial charge in [0.1, 0.15) is 5.82 Å². The average molecular weight is 354 g/mol. The van der Waals surface area contributed by atoms with Crippen molar-refractivity contribution in [1.82, 2.24) is 10.2 Å². The highest BCUT2D eigenvalue weighted by Crippen LogP contribution is 2.15. The molecule has 6 heteroatoms. The van der Waals surface area contributed by atoms with Crippen molar-refractivity contribution >= 4 is 17.6 Å². The maximum absolute atomic E-state index is 13.1. The fraction of sp³-hybridized carbons (Fsp3) is 0.250. The van der Waals surface area contributed by atoms with Gasteiger partial charge < -0.3 is 10.2 Å². The van der Waals surface area contributed by atoms with E-state index in [-0.39, 0.29) is 29.4 Å². The lowest BCUT2D eigenvalue weighted by Gasteiger charge is -2.16. The Morgan fingerprint density at radius 1 is 0.923 bits per heavy atom. The van der Waals surface area contributed by atoms with Crippen LogP contribution in [0.25, 0.3) is 0 Å². The number of carbonyl (C=O) groups excluding carboxylic acids is 3. The van der Waals surface area contributed by atoms with E-state index < -0.39 is 11.7 Å². The minimum absolute atomic E-state index is 0.0993. The smallest absolute Gasteiger partial charge is 0.252 e. The van der Waals surface area contributed by atoms with E-state index in [1.54, 1.807) is 23.1 Å². The predicted molar refractivity (Wildman–Crippen MR) is 94.4 cm³/mol. The molecule has 0 aliphatic carbocycles. The number of halogens is 1. The minimum Gasteiger partial charge on any atom is -0.343 e. The summed E-state index contributed by atoms with van der Waals surface area (Å²) in [6, 6.07) is 11.5. The maximum Gasteiger partial charge on any atom is 0.252 e. The van der Waals surface area contributed by atoms with Gasteiger partial charge in [0.25, 0.3) is 5.91 Å².